The van der Waals surface area contributed by atoms with Crippen LogP contribution in [0.1, 0.15) is 12.0 Å². The number of amides is 1. The molecule has 0 N–H and O–H groups in total. The number of hydrogen-bond acceptors (Lipinski definition) is 6. The largest absolute Gasteiger partial charge is 0.496 e. The van der Waals surface area contributed by atoms with Gasteiger partial charge in [0.15, 0.2) is 0 Å². The number of methoxy groups -OCH3 is 1. The van der Waals surface area contributed by atoms with Crippen molar-refractivity contribution in [3.8, 4) is 16.9 Å². The van der Waals surface area contributed by atoms with Gasteiger partial charge < -0.3 is 19.0 Å². The first-order valence-electron chi connectivity index (χ1n) is 11.8. The molecule has 7 heteroatoms. The van der Waals surface area contributed by atoms with Gasteiger partial charge in [-0.3, -0.25) is 4.79 Å². The molecule has 0 radical (unpaired) electrons. The van der Waals surface area contributed by atoms with E-state index in [1.807, 2.05) is 59.5 Å². The van der Waals surface area contributed by atoms with Crippen molar-refractivity contribution < 1.29 is 13.9 Å². The summed E-state index contributed by atoms with van der Waals surface area (Å²) in [7, 11) is 1.59. The topological polar surface area (TPSA) is 75.9 Å². The first-order valence-corrected chi connectivity index (χ1v) is 11.8. The van der Waals surface area contributed by atoms with E-state index in [9.17, 15) is 9.59 Å². The van der Waals surface area contributed by atoms with Gasteiger partial charge in [0.2, 0.25) is 5.91 Å². The Morgan fingerprint density at radius 1 is 1.00 bits per heavy atom. The van der Waals surface area contributed by atoms with Crippen molar-refractivity contribution in [3.05, 3.63) is 88.9 Å². The number of ether oxygens (including phenoxy) is 1. The highest BCUT2D eigenvalue weighted by Gasteiger charge is 2.22. The summed E-state index contributed by atoms with van der Waals surface area (Å²) in [4.78, 5) is 33.7. The van der Waals surface area contributed by atoms with Gasteiger partial charge in [0.1, 0.15) is 17.2 Å². The van der Waals surface area contributed by atoms with E-state index in [0.717, 1.165) is 41.0 Å². The highest BCUT2D eigenvalue weighted by molar-refractivity contribution is 5.94. The maximum Gasteiger partial charge on any atom is 0.336 e. The van der Waals surface area contributed by atoms with Crippen LogP contribution in [0, 0.1) is 0 Å². The van der Waals surface area contributed by atoms with Crippen LogP contribution in [0.15, 0.2) is 82.1 Å². The van der Waals surface area contributed by atoms with E-state index in [1.54, 1.807) is 19.4 Å². The fraction of sp³-hybridized carbons (Fsp3) is 0.250. The molecule has 0 aliphatic carbocycles. The summed E-state index contributed by atoms with van der Waals surface area (Å²) in [5.41, 5.74) is 2.70. The molecule has 0 atom stereocenters. The molecule has 178 valence electrons. The third-order valence-electron chi connectivity index (χ3n) is 6.44. The summed E-state index contributed by atoms with van der Waals surface area (Å²) in [6.45, 7) is 2.88. The number of rotatable bonds is 6. The Labute approximate surface area is 203 Å². The van der Waals surface area contributed by atoms with Crippen LogP contribution in [0.3, 0.4) is 0 Å². The molecule has 2 aromatic heterocycles. The number of benzene rings is 2. The zero-order chi connectivity index (χ0) is 24.2. The van der Waals surface area contributed by atoms with Crippen molar-refractivity contribution >= 4 is 22.7 Å². The molecule has 1 amide bonds. The Morgan fingerprint density at radius 2 is 1.77 bits per heavy atom. The van der Waals surface area contributed by atoms with Crippen molar-refractivity contribution in [2.45, 2.75) is 12.8 Å². The van der Waals surface area contributed by atoms with Crippen LogP contribution in [0.5, 0.6) is 5.75 Å². The summed E-state index contributed by atoms with van der Waals surface area (Å²) in [6.07, 6.45) is 2.70. The number of carbonyl (C=O) groups is 1. The van der Waals surface area contributed by atoms with Gasteiger partial charge >= 0.3 is 5.63 Å². The van der Waals surface area contributed by atoms with Gasteiger partial charge in [-0.1, -0.05) is 36.4 Å². The normalized spacial score (nSPS) is 13.7. The maximum absolute atomic E-state index is 13.0. The average Bonchev–Trinajstić information content (AvgIpc) is 2.92. The second kappa shape index (κ2) is 10.0. The zero-order valence-electron chi connectivity index (χ0n) is 19.6. The fourth-order valence-electron chi connectivity index (χ4n) is 4.60. The SMILES string of the molecule is COc1cc2oc(=O)cc(-c3ccccc3)c2cc1CCC(=O)N1CCN(c2ccccn2)CC1. The first-order chi connectivity index (χ1) is 17.1. The lowest BCUT2D eigenvalue weighted by Crippen LogP contribution is -2.49. The van der Waals surface area contributed by atoms with Gasteiger partial charge in [0.25, 0.3) is 0 Å². The predicted molar refractivity (Wildman–Crippen MR) is 136 cm³/mol. The second-order valence-electron chi connectivity index (χ2n) is 8.56. The molecule has 1 aliphatic rings. The van der Waals surface area contributed by atoms with Crippen LogP contribution >= 0.6 is 0 Å². The lowest BCUT2D eigenvalue weighted by atomic mass is 9.98. The number of anilines is 1. The molecule has 35 heavy (non-hydrogen) atoms. The van der Waals surface area contributed by atoms with Gasteiger partial charge in [-0.25, -0.2) is 9.78 Å². The molecule has 1 aliphatic heterocycles. The fourth-order valence-corrected chi connectivity index (χ4v) is 4.60. The zero-order valence-corrected chi connectivity index (χ0v) is 19.6. The van der Waals surface area contributed by atoms with Gasteiger partial charge in [0, 0.05) is 56.3 Å². The molecule has 1 saturated heterocycles. The molecule has 4 aromatic rings. The van der Waals surface area contributed by atoms with E-state index in [1.165, 1.54) is 6.07 Å². The quantitative estimate of drug-likeness (QED) is 0.395. The number of pyridine rings is 1. The van der Waals surface area contributed by atoms with Gasteiger partial charge in [0.05, 0.1) is 7.11 Å². The summed E-state index contributed by atoms with van der Waals surface area (Å²) in [6, 6.07) is 20.9. The average molecular weight is 470 g/mol. The van der Waals surface area contributed by atoms with Crippen molar-refractivity contribution in [2.24, 2.45) is 0 Å². The minimum atomic E-state index is -0.411. The molecule has 1 fully saturated rings. The summed E-state index contributed by atoms with van der Waals surface area (Å²) in [5, 5.41) is 0.822. The Bertz CT molecular complexity index is 1380. The van der Waals surface area contributed by atoms with Gasteiger partial charge in [-0.2, -0.15) is 0 Å². The van der Waals surface area contributed by atoms with Crippen LogP contribution in [-0.4, -0.2) is 49.1 Å². The molecule has 0 spiro atoms. The lowest BCUT2D eigenvalue weighted by molar-refractivity contribution is -0.131. The number of fused-ring (bicyclic) bond motifs is 1. The monoisotopic (exact) mass is 469 g/mol. The number of aryl methyl sites for hydroxylation is 1. The van der Waals surface area contributed by atoms with Crippen LogP contribution in [0.2, 0.25) is 0 Å². The molecular weight excluding hydrogens is 442 g/mol. The number of aromatic nitrogens is 1. The molecule has 7 nitrogen and oxygen atoms in total. The highest BCUT2D eigenvalue weighted by Crippen LogP contribution is 2.33. The van der Waals surface area contributed by atoms with E-state index in [0.29, 0.717) is 37.3 Å². The Kier molecular flexibility index (Phi) is 6.48. The van der Waals surface area contributed by atoms with Crippen LogP contribution < -0.4 is 15.3 Å². The first kappa shape index (κ1) is 22.7. The summed E-state index contributed by atoms with van der Waals surface area (Å²) in [5.74, 6) is 1.68. The molecule has 0 saturated carbocycles. The lowest BCUT2D eigenvalue weighted by Gasteiger charge is -2.35. The van der Waals surface area contributed by atoms with E-state index in [4.69, 9.17) is 9.15 Å². The van der Waals surface area contributed by atoms with Gasteiger partial charge in [-0.15, -0.1) is 0 Å². The highest BCUT2D eigenvalue weighted by atomic mass is 16.5. The minimum absolute atomic E-state index is 0.121. The van der Waals surface area contributed by atoms with E-state index in [-0.39, 0.29) is 5.91 Å². The number of piperazine rings is 1. The predicted octanol–water partition coefficient (Wildman–Crippen LogP) is 4.15. The minimum Gasteiger partial charge on any atom is -0.496 e. The summed E-state index contributed by atoms with van der Waals surface area (Å²) < 4.78 is 11.0. The third-order valence-corrected chi connectivity index (χ3v) is 6.44. The molecule has 0 unspecified atom stereocenters. The Balaban J connectivity index is 1.33. The van der Waals surface area contributed by atoms with E-state index >= 15 is 0 Å². The van der Waals surface area contributed by atoms with Crippen LogP contribution in [0.4, 0.5) is 5.82 Å². The second-order valence-corrected chi connectivity index (χ2v) is 8.56. The Hall–Kier alpha value is -4.13. The van der Waals surface area contributed by atoms with Crippen molar-refractivity contribution in [2.75, 3.05) is 38.2 Å². The van der Waals surface area contributed by atoms with Crippen molar-refractivity contribution in [1.82, 2.24) is 9.88 Å². The molecule has 0 bridgehead atoms. The standard InChI is InChI=1S/C28H27N3O4/c1-34-24-19-25-23(22(18-28(33)35-25)20-7-3-2-4-8-20)17-21(24)10-11-27(32)31-15-13-30(14-16-31)26-9-5-6-12-29-26/h2-9,12,17-19H,10-11,13-16H2,1H3. The number of hydrogen-bond donors (Lipinski definition) is 0. The Morgan fingerprint density at radius 3 is 2.49 bits per heavy atom. The maximum atomic E-state index is 13.0. The molecule has 3 heterocycles. The van der Waals surface area contributed by atoms with Gasteiger partial charge in [-0.05, 0) is 41.3 Å². The van der Waals surface area contributed by atoms with Crippen LogP contribution in [-0.2, 0) is 11.2 Å². The van der Waals surface area contributed by atoms with E-state index < -0.39 is 5.63 Å². The number of carbonyl (C=O) groups excluding carboxylic acids is 1. The molecular formula is C28H27N3O4. The smallest absolute Gasteiger partial charge is 0.336 e. The molecule has 2 aromatic carbocycles. The molecule has 5 rings (SSSR count). The third kappa shape index (κ3) is 4.89. The van der Waals surface area contributed by atoms with Crippen molar-refractivity contribution in [3.63, 3.8) is 0 Å². The summed E-state index contributed by atoms with van der Waals surface area (Å²) >= 11 is 0. The number of nitrogens with zero attached hydrogens (tertiary/aromatic N) is 3. The van der Waals surface area contributed by atoms with Crippen LogP contribution in [0.25, 0.3) is 22.1 Å². The van der Waals surface area contributed by atoms with E-state index in [2.05, 4.69) is 9.88 Å². The van der Waals surface area contributed by atoms with Crippen molar-refractivity contribution in [1.29, 1.82) is 0 Å².